The van der Waals surface area contributed by atoms with Gasteiger partial charge in [0.15, 0.2) is 5.84 Å². The highest BCUT2D eigenvalue weighted by Crippen LogP contribution is 2.25. The van der Waals surface area contributed by atoms with Gasteiger partial charge in [0.1, 0.15) is 4.21 Å². The van der Waals surface area contributed by atoms with Crippen LogP contribution in [0, 0.1) is 0 Å². The van der Waals surface area contributed by atoms with Gasteiger partial charge in [0, 0.05) is 11.4 Å². The van der Waals surface area contributed by atoms with Crippen molar-refractivity contribution in [2.75, 3.05) is 13.1 Å². The van der Waals surface area contributed by atoms with Gasteiger partial charge >= 0.3 is 0 Å². The molecule has 0 aliphatic carbocycles. The van der Waals surface area contributed by atoms with Gasteiger partial charge in [-0.15, -0.1) is 11.3 Å². The summed E-state index contributed by atoms with van der Waals surface area (Å²) in [5.41, 5.74) is 5.41. The minimum absolute atomic E-state index is 0.105. The Bertz CT molecular complexity index is 537. The van der Waals surface area contributed by atoms with Crippen LogP contribution in [0.3, 0.4) is 0 Å². The largest absolute Gasteiger partial charge is 0.409 e. The van der Waals surface area contributed by atoms with Gasteiger partial charge in [0.05, 0.1) is 6.54 Å². The van der Waals surface area contributed by atoms with Crippen molar-refractivity contribution in [1.82, 2.24) is 4.31 Å². The van der Waals surface area contributed by atoms with E-state index in [9.17, 15) is 8.42 Å². The van der Waals surface area contributed by atoms with E-state index in [1.807, 2.05) is 19.9 Å². The van der Waals surface area contributed by atoms with Crippen LogP contribution < -0.4 is 5.73 Å². The summed E-state index contributed by atoms with van der Waals surface area (Å²) in [4.78, 5) is 1.01. The summed E-state index contributed by atoms with van der Waals surface area (Å²) in [6.45, 7) is 4.08. The molecule has 8 heteroatoms. The molecule has 0 amide bonds. The van der Waals surface area contributed by atoms with Crippen LogP contribution in [0.5, 0.6) is 0 Å². The lowest BCUT2D eigenvalue weighted by Crippen LogP contribution is -2.38. The summed E-state index contributed by atoms with van der Waals surface area (Å²) < 4.78 is 26.4. The molecule has 0 aromatic carbocycles. The Morgan fingerprint density at radius 3 is 2.63 bits per heavy atom. The second kappa shape index (κ2) is 6.88. The van der Waals surface area contributed by atoms with E-state index in [2.05, 4.69) is 5.16 Å². The summed E-state index contributed by atoms with van der Waals surface area (Å²) in [6.07, 6.45) is 1.46. The van der Waals surface area contributed by atoms with Crippen molar-refractivity contribution >= 4 is 27.2 Å². The van der Waals surface area contributed by atoms with Gasteiger partial charge in [-0.1, -0.05) is 19.0 Å². The molecule has 1 aromatic heterocycles. The van der Waals surface area contributed by atoms with Crippen molar-refractivity contribution in [1.29, 1.82) is 0 Å². The molecule has 0 aliphatic heterocycles. The van der Waals surface area contributed by atoms with E-state index in [0.29, 0.717) is 17.2 Å². The van der Waals surface area contributed by atoms with Crippen molar-refractivity contribution < 1.29 is 13.6 Å². The molecule has 0 saturated carbocycles. The van der Waals surface area contributed by atoms with Crippen molar-refractivity contribution in [3.05, 3.63) is 17.0 Å². The molecule has 1 aromatic rings. The zero-order chi connectivity index (χ0) is 14.5. The molecule has 0 unspecified atom stereocenters. The topological polar surface area (TPSA) is 96.0 Å². The Morgan fingerprint density at radius 1 is 1.47 bits per heavy atom. The predicted molar refractivity (Wildman–Crippen MR) is 76.2 cm³/mol. The molecule has 0 radical (unpaired) electrons. The van der Waals surface area contributed by atoms with E-state index in [4.69, 9.17) is 10.9 Å². The van der Waals surface area contributed by atoms with Crippen LogP contribution in [-0.2, 0) is 16.4 Å². The van der Waals surface area contributed by atoms with Gasteiger partial charge in [-0.05, 0) is 25.0 Å². The molecule has 108 valence electrons. The second-order valence-electron chi connectivity index (χ2n) is 4.00. The van der Waals surface area contributed by atoms with Crippen molar-refractivity contribution in [2.24, 2.45) is 10.9 Å². The molecule has 1 rings (SSSR count). The maximum Gasteiger partial charge on any atom is 0.252 e. The number of hydrogen-bond acceptors (Lipinski definition) is 5. The molecule has 0 saturated heterocycles. The third-order valence-electron chi connectivity index (χ3n) is 2.52. The summed E-state index contributed by atoms with van der Waals surface area (Å²) in [5.74, 6) is -0.121. The second-order valence-corrected chi connectivity index (χ2v) is 7.34. The summed E-state index contributed by atoms with van der Waals surface area (Å²) in [6, 6.07) is 3.42. The minimum Gasteiger partial charge on any atom is -0.409 e. The first-order chi connectivity index (χ1) is 8.95. The highest BCUT2D eigenvalue weighted by atomic mass is 32.2. The van der Waals surface area contributed by atoms with Crippen LogP contribution >= 0.6 is 11.3 Å². The van der Waals surface area contributed by atoms with Gasteiger partial charge in [-0.2, -0.15) is 4.31 Å². The first-order valence-corrected chi connectivity index (χ1v) is 8.26. The number of nitrogens with zero attached hydrogens (tertiary/aromatic N) is 2. The van der Waals surface area contributed by atoms with Crippen molar-refractivity contribution in [3.8, 4) is 0 Å². The van der Waals surface area contributed by atoms with Gasteiger partial charge in [-0.25, -0.2) is 8.42 Å². The lowest BCUT2D eigenvalue weighted by molar-refractivity contribution is 0.314. The average Bonchev–Trinajstić information content (AvgIpc) is 2.87. The molecule has 3 N–H and O–H groups in total. The summed E-state index contributed by atoms with van der Waals surface area (Å²) in [5, 5.41) is 11.4. The zero-order valence-corrected chi connectivity index (χ0v) is 12.7. The number of oxime groups is 1. The Labute approximate surface area is 117 Å². The molecule has 0 spiro atoms. The highest BCUT2D eigenvalue weighted by molar-refractivity contribution is 7.91. The number of sulfonamides is 1. The van der Waals surface area contributed by atoms with Gasteiger partial charge in [0.25, 0.3) is 10.0 Å². The van der Waals surface area contributed by atoms with Crippen molar-refractivity contribution in [3.63, 3.8) is 0 Å². The maximum atomic E-state index is 12.4. The molecular formula is C11H19N3O3S2. The lowest BCUT2D eigenvalue weighted by Gasteiger charge is -2.19. The average molecular weight is 305 g/mol. The van der Waals surface area contributed by atoms with Gasteiger partial charge in [-0.3, -0.25) is 0 Å². The number of thiophene rings is 1. The Hall–Kier alpha value is -1.12. The molecule has 0 atom stereocenters. The highest BCUT2D eigenvalue weighted by Gasteiger charge is 2.26. The minimum atomic E-state index is -3.58. The van der Waals surface area contributed by atoms with Crippen LogP contribution in [0.1, 0.15) is 25.1 Å². The molecule has 0 aliphatic rings. The number of rotatable bonds is 7. The first-order valence-electron chi connectivity index (χ1n) is 6.01. The van der Waals surface area contributed by atoms with E-state index in [-0.39, 0.29) is 12.4 Å². The molecule has 1 heterocycles. The molecule has 6 nitrogen and oxygen atoms in total. The van der Waals surface area contributed by atoms with Crippen LogP contribution in [0.15, 0.2) is 21.5 Å². The van der Waals surface area contributed by atoms with Crippen LogP contribution in [0.2, 0.25) is 0 Å². The maximum absolute atomic E-state index is 12.4. The van der Waals surface area contributed by atoms with Gasteiger partial charge < -0.3 is 10.9 Å². The summed E-state index contributed by atoms with van der Waals surface area (Å²) in [7, 11) is -3.58. The fourth-order valence-electron chi connectivity index (χ4n) is 1.56. The SMILES string of the molecule is CCCN(CC(N)=NO)S(=O)(=O)c1ccc(CC)s1. The van der Waals surface area contributed by atoms with Crippen LogP contribution in [0.25, 0.3) is 0 Å². The van der Waals surface area contributed by atoms with E-state index in [1.54, 1.807) is 6.07 Å². The number of hydrogen-bond donors (Lipinski definition) is 2. The van der Waals surface area contributed by atoms with Crippen LogP contribution in [-0.4, -0.2) is 36.9 Å². The lowest BCUT2D eigenvalue weighted by atomic mass is 10.4. The first kappa shape index (κ1) is 15.9. The fourth-order valence-corrected chi connectivity index (χ4v) is 4.51. The van der Waals surface area contributed by atoms with Crippen LogP contribution in [0.4, 0.5) is 0 Å². The summed E-state index contributed by atoms with van der Waals surface area (Å²) >= 11 is 1.26. The molecule has 0 bridgehead atoms. The van der Waals surface area contributed by atoms with Crippen molar-refractivity contribution in [2.45, 2.75) is 30.9 Å². The van der Waals surface area contributed by atoms with E-state index in [1.165, 1.54) is 15.6 Å². The predicted octanol–water partition coefficient (Wildman–Crippen LogP) is 1.46. The fraction of sp³-hybridized carbons (Fsp3) is 0.545. The number of nitrogens with two attached hydrogens (primary N) is 1. The Kier molecular flexibility index (Phi) is 5.77. The number of aryl methyl sites for hydroxylation is 1. The Morgan fingerprint density at radius 2 is 2.16 bits per heavy atom. The quantitative estimate of drug-likeness (QED) is 0.345. The smallest absolute Gasteiger partial charge is 0.252 e. The third-order valence-corrected chi connectivity index (χ3v) is 6.06. The normalized spacial score (nSPS) is 13.1. The monoisotopic (exact) mass is 305 g/mol. The number of amidine groups is 1. The molecule has 19 heavy (non-hydrogen) atoms. The Balaban J connectivity index is 3.05. The van der Waals surface area contributed by atoms with E-state index in [0.717, 1.165) is 11.3 Å². The molecular weight excluding hydrogens is 286 g/mol. The van der Waals surface area contributed by atoms with Gasteiger partial charge in [0.2, 0.25) is 0 Å². The standard InChI is InChI=1S/C11H19N3O3S2/c1-3-7-14(8-10(12)13-15)19(16,17)11-6-5-9(4-2)18-11/h5-6,15H,3-4,7-8H2,1-2H3,(H2,12,13). The van der Waals surface area contributed by atoms with E-state index < -0.39 is 10.0 Å². The van der Waals surface area contributed by atoms with E-state index >= 15 is 0 Å². The zero-order valence-electron chi connectivity index (χ0n) is 11.0. The molecule has 0 fully saturated rings. The third kappa shape index (κ3) is 3.92.